The number of ether oxygens (including phenoxy) is 1. The first-order valence-corrected chi connectivity index (χ1v) is 6.84. The summed E-state index contributed by atoms with van der Waals surface area (Å²) in [5.74, 6) is 0.160. The van der Waals surface area contributed by atoms with Crippen molar-refractivity contribution in [2.75, 3.05) is 13.6 Å². The average molecular weight is 240 g/mol. The minimum absolute atomic E-state index is 0.0868. The molecule has 2 atom stereocenters. The van der Waals surface area contributed by atoms with Crippen LogP contribution in [0.2, 0.25) is 0 Å². The standard InChI is InChI=1S/C13H24N2O2/c1-15(10-5-3-2-4-6-10)13(16)12-8-7-11(9-14)17-12/h10-12H,2-9,14H2,1H3/t11-,12+/m1/s1. The van der Waals surface area contributed by atoms with Gasteiger partial charge < -0.3 is 15.4 Å². The van der Waals surface area contributed by atoms with Crippen LogP contribution in [0.15, 0.2) is 0 Å². The number of carbonyl (C=O) groups excluding carboxylic acids is 1. The molecule has 0 aromatic heterocycles. The van der Waals surface area contributed by atoms with Gasteiger partial charge in [0.15, 0.2) is 0 Å². The number of carbonyl (C=O) groups is 1. The second-order valence-electron chi connectivity index (χ2n) is 5.30. The first-order chi connectivity index (χ1) is 8.22. The van der Waals surface area contributed by atoms with E-state index in [-0.39, 0.29) is 18.1 Å². The molecule has 2 aliphatic rings. The van der Waals surface area contributed by atoms with Crippen LogP contribution in [0.5, 0.6) is 0 Å². The van der Waals surface area contributed by atoms with E-state index in [4.69, 9.17) is 10.5 Å². The summed E-state index contributed by atoms with van der Waals surface area (Å²) in [6.45, 7) is 0.525. The summed E-state index contributed by atoms with van der Waals surface area (Å²) in [6.07, 6.45) is 7.71. The van der Waals surface area contributed by atoms with Crippen LogP contribution in [0.4, 0.5) is 0 Å². The Balaban J connectivity index is 1.86. The first-order valence-electron chi connectivity index (χ1n) is 6.84. The largest absolute Gasteiger partial charge is 0.364 e. The molecule has 2 fully saturated rings. The first kappa shape index (κ1) is 12.8. The van der Waals surface area contributed by atoms with Crippen molar-refractivity contribution in [3.05, 3.63) is 0 Å². The van der Waals surface area contributed by atoms with E-state index in [0.29, 0.717) is 12.6 Å². The Morgan fingerprint density at radius 1 is 1.24 bits per heavy atom. The summed E-state index contributed by atoms with van der Waals surface area (Å²) in [7, 11) is 1.93. The summed E-state index contributed by atoms with van der Waals surface area (Å²) in [5, 5.41) is 0. The smallest absolute Gasteiger partial charge is 0.251 e. The van der Waals surface area contributed by atoms with Gasteiger partial charge in [0.1, 0.15) is 6.10 Å². The van der Waals surface area contributed by atoms with Crippen LogP contribution in [-0.4, -0.2) is 42.6 Å². The summed E-state index contributed by atoms with van der Waals surface area (Å²) in [5.41, 5.74) is 5.57. The molecular weight excluding hydrogens is 216 g/mol. The van der Waals surface area contributed by atoms with Crippen molar-refractivity contribution < 1.29 is 9.53 Å². The zero-order chi connectivity index (χ0) is 12.3. The van der Waals surface area contributed by atoms with Crippen LogP contribution in [0, 0.1) is 0 Å². The molecule has 1 saturated heterocycles. The maximum Gasteiger partial charge on any atom is 0.251 e. The molecule has 1 saturated carbocycles. The Bertz CT molecular complexity index is 264. The van der Waals surface area contributed by atoms with Gasteiger partial charge in [-0.1, -0.05) is 19.3 Å². The van der Waals surface area contributed by atoms with Gasteiger partial charge in [0.25, 0.3) is 5.91 Å². The zero-order valence-electron chi connectivity index (χ0n) is 10.7. The summed E-state index contributed by atoms with van der Waals surface area (Å²) >= 11 is 0. The van der Waals surface area contributed by atoms with Crippen LogP contribution in [0.1, 0.15) is 44.9 Å². The van der Waals surface area contributed by atoms with E-state index < -0.39 is 0 Å². The molecule has 17 heavy (non-hydrogen) atoms. The van der Waals surface area contributed by atoms with Crippen LogP contribution in [0.3, 0.4) is 0 Å². The molecule has 1 aliphatic heterocycles. The van der Waals surface area contributed by atoms with E-state index in [1.165, 1.54) is 19.3 Å². The lowest BCUT2D eigenvalue weighted by Gasteiger charge is -2.32. The highest BCUT2D eigenvalue weighted by molar-refractivity contribution is 5.81. The number of likely N-dealkylation sites (N-methyl/N-ethyl adjacent to an activating group) is 1. The lowest BCUT2D eigenvalue weighted by Crippen LogP contribution is -2.44. The SMILES string of the molecule is CN(C(=O)[C@@H]1CC[C@H](CN)O1)C1CCCCC1. The number of hydrogen-bond donors (Lipinski definition) is 1. The van der Waals surface area contributed by atoms with Gasteiger partial charge in [-0.25, -0.2) is 0 Å². The Labute approximate surface area is 103 Å². The molecule has 0 radical (unpaired) electrons. The number of rotatable bonds is 3. The topological polar surface area (TPSA) is 55.6 Å². The number of hydrogen-bond acceptors (Lipinski definition) is 3. The van der Waals surface area contributed by atoms with Gasteiger partial charge in [0, 0.05) is 19.6 Å². The number of nitrogens with zero attached hydrogens (tertiary/aromatic N) is 1. The molecule has 0 unspecified atom stereocenters. The fourth-order valence-corrected chi connectivity index (χ4v) is 2.94. The van der Waals surface area contributed by atoms with Crippen molar-refractivity contribution in [3.63, 3.8) is 0 Å². The molecule has 0 aromatic rings. The molecular formula is C13H24N2O2. The van der Waals surface area contributed by atoms with Crippen molar-refractivity contribution in [1.29, 1.82) is 0 Å². The Morgan fingerprint density at radius 3 is 2.53 bits per heavy atom. The third-order valence-electron chi connectivity index (χ3n) is 4.12. The van der Waals surface area contributed by atoms with E-state index in [1.807, 2.05) is 11.9 Å². The fourth-order valence-electron chi connectivity index (χ4n) is 2.94. The second-order valence-corrected chi connectivity index (χ2v) is 5.30. The molecule has 2 rings (SSSR count). The maximum atomic E-state index is 12.3. The molecule has 0 spiro atoms. The molecule has 2 N–H and O–H groups in total. The van der Waals surface area contributed by atoms with Crippen LogP contribution in [-0.2, 0) is 9.53 Å². The maximum absolute atomic E-state index is 12.3. The van der Waals surface area contributed by atoms with E-state index in [2.05, 4.69) is 0 Å². The van der Waals surface area contributed by atoms with Gasteiger partial charge in [0.2, 0.25) is 0 Å². The molecule has 98 valence electrons. The van der Waals surface area contributed by atoms with Crippen molar-refractivity contribution in [2.24, 2.45) is 5.73 Å². The van der Waals surface area contributed by atoms with E-state index >= 15 is 0 Å². The van der Waals surface area contributed by atoms with Crippen molar-refractivity contribution in [2.45, 2.75) is 63.2 Å². The Hall–Kier alpha value is -0.610. The summed E-state index contributed by atoms with van der Waals surface area (Å²) in [6, 6.07) is 0.428. The molecule has 1 heterocycles. The van der Waals surface area contributed by atoms with Crippen LogP contribution in [0.25, 0.3) is 0 Å². The molecule has 0 bridgehead atoms. The number of amides is 1. The minimum Gasteiger partial charge on any atom is -0.364 e. The van der Waals surface area contributed by atoms with Crippen molar-refractivity contribution in [1.82, 2.24) is 4.90 Å². The quantitative estimate of drug-likeness (QED) is 0.808. The normalized spacial score (nSPS) is 30.5. The Morgan fingerprint density at radius 2 is 1.94 bits per heavy atom. The predicted octanol–water partition coefficient (Wildman–Crippen LogP) is 1.28. The number of nitrogens with two attached hydrogens (primary N) is 1. The molecule has 0 aromatic carbocycles. The van der Waals surface area contributed by atoms with E-state index in [1.54, 1.807) is 0 Å². The third kappa shape index (κ3) is 2.99. The second kappa shape index (κ2) is 5.83. The summed E-state index contributed by atoms with van der Waals surface area (Å²) in [4.78, 5) is 14.2. The molecule has 1 amide bonds. The lowest BCUT2D eigenvalue weighted by atomic mass is 9.94. The van der Waals surface area contributed by atoms with Crippen molar-refractivity contribution in [3.8, 4) is 0 Å². The minimum atomic E-state index is -0.240. The van der Waals surface area contributed by atoms with Gasteiger partial charge in [-0.05, 0) is 25.7 Å². The van der Waals surface area contributed by atoms with Crippen LogP contribution >= 0.6 is 0 Å². The molecule has 4 heteroatoms. The van der Waals surface area contributed by atoms with Gasteiger partial charge in [-0.3, -0.25) is 4.79 Å². The van der Waals surface area contributed by atoms with Gasteiger partial charge in [0.05, 0.1) is 6.10 Å². The van der Waals surface area contributed by atoms with E-state index in [0.717, 1.165) is 25.7 Å². The molecule has 4 nitrogen and oxygen atoms in total. The zero-order valence-corrected chi connectivity index (χ0v) is 10.7. The highest BCUT2D eigenvalue weighted by Gasteiger charge is 2.34. The summed E-state index contributed by atoms with van der Waals surface area (Å²) < 4.78 is 5.67. The van der Waals surface area contributed by atoms with E-state index in [9.17, 15) is 4.79 Å². The predicted molar refractivity (Wildman–Crippen MR) is 66.6 cm³/mol. The van der Waals surface area contributed by atoms with Gasteiger partial charge in [-0.2, -0.15) is 0 Å². The Kier molecular flexibility index (Phi) is 4.40. The van der Waals surface area contributed by atoms with Gasteiger partial charge in [-0.15, -0.1) is 0 Å². The van der Waals surface area contributed by atoms with Crippen LogP contribution < -0.4 is 5.73 Å². The highest BCUT2D eigenvalue weighted by atomic mass is 16.5. The van der Waals surface area contributed by atoms with Crippen molar-refractivity contribution >= 4 is 5.91 Å². The third-order valence-corrected chi connectivity index (χ3v) is 4.12. The lowest BCUT2D eigenvalue weighted by molar-refractivity contribution is -0.144. The highest BCUT2D eigenvalue weighted by Crippen LogP contribution is 2.25. The van der Waals surface area contributed by atoms with Gasteiger partial charge >= 0.3 is 0 Å². The fraction of sp³-hybridized carbons (Fsp3) is 0.923. The monoisotopic (exact) mass is 240 g/mol. The average Bonchev–Trinajstić information content (AvgIpc) is 2.87. The molecule has 1 aliphatic carbocycles.